The van der Waals surface area contributed by atoms with Gasteiger partial charge in [-0.2, -0.15) is 5.10 Å². The third-order valence-electron chi connectivity index (χ3n) is 3.62. The van der Waals surface area contributed by atoms with Gasteiger partial charge in [-0.25, -0.2) is 0 Å². The van der Waals surface area contributed by atoms with Gasteiger partial charge in [0.05, 0.1) is 6.04 Å². The van der Waals surface area contributed by atoms with Crippen molar-refractivity contribution in [2.24, 2.45) is 11.8 Å². The summed E-state index contributed by atoms with van der Waals surface area (Å²) in [5.74, 6) is 1.94. The first-order valence-electron chi connectivity index (χ1n) is 5.03. The second-order valence-electron chi connectivity index (χ2n) is 4.36. The largest absolute Gasteiger partial charge is 0.268 e. The Hall–Kier alpha value is -0.0600. The molecule has 1 aromatic rings. The van der Waals surface area contributed by atoms with Crippen molar-refractivity contribution in [2.45, 2.75) is 31.7 Å². The van der Waals surface area contributed by atoms with Gasteiger partial charge in [-0.3, -0.25) is 4.68 Å². The van der Waals surface area contributed by atoms with Crippen molar-refractivity contribution < 1.29 is 0 Å². The fraction of sp³-hybridized carbons (Fsp3) is 0.700. The fourth-order valence-corrected chi connectivity index (χ4v) is 3.44. The van der Waals surface area contributed by atoms with Crippen LogP contribution in [0, 0.1) is 15.5 Å². The molecule has 1 heterocycles. The summed E-state index contributed by atoms with van der Waals surface area (Å²) in [5, 5.41) is 4.51. The number of rotatable bonds is 1. The van der Waals surface area contributed by atoms with Gasteiger partial charge in [0, 0.05) is 6.20 Å². The van der Waals surface area contributed by atoms with Crippen molar-refractivity contribution in [3.05, 3.63) is 16.0 Å². The Labute approximate surface area is 91.8 Å². The molecule has 2 aliphatic rings. The van der Waals surface area contributed by atoms with E-state index >= 15 is 0 Å². The molecule has 3 atom stereocenters. The van der Waals surface area contributed by atoms with E-state index in [0.29, 0.717) is 0 Å². The molecule has 3 rings (SSSR count). The summed E-state index contributed by atoms with van der Waals surface area (Å²) >= 11 is 2.29. The quantitative estimate of drug-likeness (QED) is 0.727. The van der Waals surface area contributed by atoms with Crippen LogP contribution >= 0.6 is 22.6 Å². The first kappa shape index (κ1) is 8.26. The van der Waals surface area contributed by atoms with Crippen molar-refractivity contribution in [1.82, 2.24) is 9.78 Å². The van der Waals surface area contributed by atoms with Crippen LogP contribution in [-0.2, 0) is 0 Å². The maximum absolute atomic E-state index is 4.51. The molecule has 0 N–H and O–H groups in total. The summed E-state index contributed by atoms with van der Waals surface area (Å²) in [4.78, 5) is 0. The number of hydrogen-bond donors (Lipinski definition) is 0. The first-order valence-corrected chi connectivity index (χ1v) is 6.11. The van der Waals surface area contributed by atoms with Crippen LogP contribution in [0.1, 0.15) is 31.7 Å². The smallest absolute Gasteiger partial charge is 0.123 e. The van der Waals surface area contributed by atoms with Crippen molar-refractivity contribution >= 4 is 22.6 Å². The Morgan fingerprint density at radius 2 is 2.31 bits per heavy atom. The molecule has 2 bridgehead atoms. The molecule has 2 fully saturated rings. The van der Waals surface area contributed by atoms with E-state index in [4.69, 9.17) is 0 Å². The lowest BCUT2D eigenvalue weighted by Gasteiger charge is -2.21. The van der Waals surface area contributed by atoms with Gasteiger partial charge in [0.15, 0.2) is 0 Å². The van der Waals surface area contributed by atoms with Crippen LogP contribution in [0.25, 0.3) is 0 Å². The summed E-state index contributed by atoms with van der Waals surface area (Å²) < 4.78 is 3.33. The highest BCUT2D eigenvalue weighted by molar-refractivity contribution is 14.1. The highest BCUT2D eigenvalue weighted by Gasteiger charge is 2.40. The number of hydrogen-bond acceptors (Lipinski definition) is 1. The van der Waals surface area contributed by atoms with Gasteiger partial charge in [-0.05, 0) is 59.8 Å². The molecular weight excluding hydrogens is 275 g/mol. The fourth-order valence-electron chi connectivity index (χ4n) is 3.03. The van der Waals surface area contributed by atoms with Crippen LogP contribution in [0.15, 0.2) is 12.3 Å². The Balaban J connectivity index is 1.87. The highest BCUT2D eigenvalue weighted by Crippen LogP contribution is 2.50. The SMILES string of the molecule is Ic1ccn(C2CC3CCC2C3)n1. The zero-order valence-electron chi connectivity index (χ0n) is 7.49. The molecule has 0 amide bonds. The van der Waals surface area contributed by atoms with Crippen molar-refractivity contribution in [3.8, 4) is 0 Å². The van der Waals surface area contributed by atoms with Gasteiger partial charge < -0.3 is 0 Å². The van der Waals surface area contributed by atoms with E-state index in [0.717, 1.165) is 21.6 Å². The maximum Gasteiger partial charge on any atom is 0.123 e. The van der Waals surface area contributed by atoms with E-state index in [1.807, 2.05) is 0 Å². The molecule has 2 aliphatic carbocycles. The minimum absolute atomic E-state index is 0.724. The van der Waals surface area contributed by atoms with Crippen molar-refractivity contribution in [3.63, 3.8) is 0 Å². The molecule has 0 aromatic carbocycles. The van der Waals surface area contributed by atoms with Crippen LogP contribution in [0.4, 0.5) is 0 Å². The van der Waals surface area contributed by atoms with Crippen molar-refractivity contribution in [1.29, 1.82) is 0 Å². The summed E-state index contributed by atoms with van der Waals surface area (Å²) in [6, 6.07) is 2.83. The lowest BCUT2D eigenvalue weighted by Crippen LogP contribution is -2.16. The average Bonchev–Trinajstić information content (AvgIpc) is 2.77. The van der Waals surface area contributed by atoms with Crippen molar-refractivity contribution in [2.75, 3.05) is 0 Å². The zero-order chi connectivity index (χ0) is 8.84. The molecular formula is C10H13IN2. The van der Waals surface area contributed by atoms with Crippen LogP contribution in [-0.4, -0.2) is 9.78 Å². The Morgan fingerprint density at radius 1 is 1.38 bits per heavy atom. The standard InChI is InChI=1S/C10H13IN2/c11-10-3-4-13(12-10)9-6-7-1-2-8(9)5-7/h3-4,7-9H,1-2,5-6H2. The molecule has 0 spiro atoms. The Bertz CT molecular complexity index is 320. The van der Waals surface area contributed by atoms with E-state index in [1.165, 1.54) is 25.7 Å². The van der Waals surface area contributed by atoms with Gasteiger partial charge >= 0.3 is 0 Å². The van der Waals surface area contributed by atoms with Crippen LogP contribution in [0.2, 0.25) is 0 Å². The predicted molar refractivity (Wildman–Crippen MR) is 59.4 cm³/mol. The summed E-state index contributed by atoms with van der Waals surface area (Å²) in [6.07, 6.45) is 7.89. The monoisotopic (exact) mass is 288 g/mol. The highest BCUT2D eigenvalue weighted by atomic mass is 127. The molecule has 3 unspecified atom stereocenters. The third-order valence-corrected chi connectivity index (χ3v) is 4.19. The molecule has 1 aromatic heterocycles. The lowest BCUT2D eigenvalue weighted by molar-refractivity contribution is 0.306. The lowest BCUT2D eigenvalue weighted by atomic mass is 9.96. The number of halogens is 1. The van der Waals surface area contributed by atoms with Crippen LogP contribution in [0.5, 0.6) is 0 Å². The zero-order valence-corrected chi connectivity index (χ0v) is 9.65. The second kappa shape index (κ2) is 2.97. The first-order chi connectivity index (χ1) is 6.33. The molecule has 13 heavy (non-hydrogen) atoms. The molecule has 0 saturated heterocycles. The number of aromatic nitrogens is 2. The minimum Gasteiger partial charge on any atom is -0.268 e. The summed E-state index contributed by atoms with van der Waals surface area (Å²) in [6.45, 7) is 0. The maximum atomic E-state index is 4.51. The molecule has 2 saturated carbocycles. The van der Waals surface area contributed by atoms with Gasteiger partial charge in [-0.15, -0.1) is 0 Å². The van der Waals surface area contributed by atoms with E-state index in [1.54, 1.807) is 0 Å². The number of nitrogens with zero attached hydrogens (tertiary/aromatic N) is 2. The Morgan fingerprint density at radius 3 is 2.85 bits per heavy atom. The van der Waals surface area contributed by atoms with Gasteiger partial charge in [0.25, 0.3) is 0 Å². The van der Waals surface area contributed by atoms with E-state index in [2.05, 4.69) is 44.6 Å². The van der Waals surface area contributed by atoms with Crippen LogP contribution < -0.4 is 0 Å². The van der Waals surface area contributed by atoms with E-state index < -0.39 is 0 Å². The predicted octanol–water partition coefficient (Wildman–Crippen LogP) is 2.85. The second-order valence-corrected chi connectivity index (χ2v) is 5.47. The van der Waals surface area contributed by atoms with Gasteiger partial charge in [0.1, 0.15) is 3.70 Å². The van der Waals surface area contributed by atoms with Gasteiger partial charge in [-0.1, -0.05) is 6.42 Å². The minimum atomic E-state index is 0.724. The van der Waals surface area contributed by atoms with Crippen LogP contribution in [0.3, 0.4) is 0 Å². The molecule has 2 nitrogen and oxygen atoms in total. The van der Waals surface area contributed by atoms with E-state index in [9.17, 15) is 0 Å². The topological polar surface area (TPSA) is 17.8 Å². The molecule has 0 radical (unpaired) electrons. The summed E-state index contributed by atoms with van der Waals surface area (Å²) in [7, 11) is 0. The molecule has 70 valence electrons. The number of fused-ring (bicyclic) bond motifs is 2. The third kappa shape index (κ3) is 1.32. The molecule has 3 heteroatoms. The molecule has 0 aliphatic heterocycles. The Kier molecular flexibility index (Phi) is 1.89. The van der Waals surface area contributed by atoms with E-state index in [-0.39, 0.29) is 0 Å². The average molecular weight is 288 g/mol. The normalized spacial score (nSPS) is 37.2. The summed E-state index contributed by atoms with van der Waals surface area (Å²) in [5.41, 5.74) is 0. The van der Waals surface area contributed by atoms with Gasteiger partial charge in [0.2, 0.25) is 0 Å².